The van der Waals surface area contributed by atoms with E-state index in [2.05, 4.69) is 10.3 Å². The number of carbonyl (C=O) groups excluding carboxylic acids is 1. The first-order valence-corrected chi connectivity index (χ1v) is 7.21. The van der Waals surface area contributed by atoms with Crippen molar-refractivity contribution in [2.45, 2.75) is 32.2 Å². The Morgan fingerprint density at radius 2 is 2.16 bits per heavy atom. The number of aromatic nitrogens is 2. The quantitative estimate of drug-likeness (QED) is 0.835. The lowest BCUT2D eigenvalue weighted by molar-refractivity contribution is -0.131. The van der Waals surface area contributed by atoms with Crippen LogP contribution < -0.4 is 5.32 Å². The first kappa shape index (κ1) is 14.3. The average molecular weight is 285 g/mol. The Morgan fingerprint density at radius 1 is 1.42 bits per heavy atom. The number of piperidine rings is 1. The summed E-state index contributed by atoms with van der Waals surface area (Å²) in [5.41, 5.74) is 0. The normalized spacial score (nSPS) is 15.8. The first-order valence-electron chi connectivity index (χ1n) is 6.83. The Balaban J connectivity index is 1.66. The minimum atomic E-state index is 0.255. The van der Waals surface area contributed by atoms with Gasteiger partial charge in [-0.2, -0.15) is 0 Å². The number of amides is 1. The molecular formula is C13H21ClN4O. The van der Waals surface area contributed by atoms with Crippen LogP contribution in [-0.2, 0) is 18.4 Å². The zero-order chi connectivity index (χ0) is 13.7. The van der Waals surface area contributed by atoms with E-state index in [1.807, 2.05) is 16.5 Å². The van der Waals surface area contributed by atoms with Crippen LogP contribution in [0.3, 0.4) is 0 Å². The van der Waals surface area contributed by atoms with Gasteiger partial charge in [-0.25, -0.2) is 4.98 Å². The number of hydrogen-bond acceptors (Lipinski definition) is 3. The van der Waals surface area contributed by atoms with Crippen molar-refractivity contribution in [1.29, 1.82) is 0 Å². The van der Waals surface area contributed by atoms with Crippen LogP contribution in [0.5, 0.6) is 0 Å². The van der Waals surface area contributed by atoms with Gasteiger partial charge in [-0.3, -0.25) is 4.79 Å². The highest BCUT2D eigenvalue weighted by Crippen LogP contribution is 2.10. The number of hydrogen-bond donors (Lipinski definition) is 1. The fourth-order valence-electron chi connectivity index (χ4n) is 2.29. The summed E-state index contributed by atoms with van der Waals surface area (Å²) in [5, 5.41) is 3.86. The minimum Gasteiger partial charge on any atom is -0.343 e. The lowest BCUT2D eigenvalue weighted by Gasteiger charge is -2.26. The highest BCUT2D eigenvalue weighted by atomic mass is 35.5. The highest BCUT2D eigenvalue weighted by Gasteiger charge is 2.15. The summed E-state index contributed by atoms with van der Waals surface area (Å²) in [5.74, 6) is 1.14. The van der Waals surface area contributed by atoms with E-state index >= 15 is 0 Å². The van der Waals surface area contributed by atoms with Crippen molar-refractivity contribution in [1.82, 2.24) is 19.8 Å². The Bertz CT molecular complexity index is 426. The lowest BCUT2D eigenvalue weighted by Crippen LogP contribution is -2.37. The van der Waals surface area contributed by atoms with Gasteiger partial charge in [0.15, 0.2) is 0 Å². The summed E-state index contributed by atoms with van der Waals surface area (Å²) < 4.78 is 1.83. The van der Waals surface area contributed by atoms with E-state index in [9.17, 15) is 4.79 Å². The van der Waals surface area contributed by atoms with Crippen LogP contribution in [0.2, 0.25) is 5.15 Å². The molecule has 5 nitrogen and oxygen atoms in total. The molecule has 0 aromatic carbocycles. The molecule has 0 aliphatic carbocycles. The van der Waals surface area contributed by atoms with Crippen molar-refractivity contribution >= 4 is 17.5 Å². The molecule has 1 amide bonds. The van der Waals surface area contributed by atoms with Gasteiger partial charge in [0.2, 0.25) is 5.91 Å². The molecule has 2 heterocycles. The molecule has 0 atom stereocenters. The first-order chi connectivity index (χ1) is 9.18. The Hall–Kier alpha value is -1.07. The smallest absolute Gasteiger partial charge is 0.223 e. The average Bonchev–Trinajstić information content (AvgIpc) is 2.76. The second-order valence-corrected chi connectivity index (χ2v) is 5.31. The van der Waals surface area contributed by atoms with Crippen LogP contribution in [0.4, 0.5) is 0 Å². The zero-order valence-corrected chi connectivity index (χ0v) is 12.1. The van der Waals surface area contributed by atoms with Crippen molar-refractivity contribution in [3.63, 3.8) is 0 Å². The number of likely N-dealkylation sites (tertiary alicyclic amines) is 1. The van der Waals surface area contributed by atoms with Crippen molar-refractivity contribution in [2.75, 3.05) is 19.6 Å². The van der Waals surface area contributed by atoms with Gasteiger partial charge in [0.1, 0.15) is 11.0 Å². The predicted octanol–water partition coefficient (Wildman–Crippen LogP) is 1.57. The summed E-state index contributed by atoms with van der Waals surface area (Å²) >= 11 is 5.91. The molecule has 106 valence electrons. The summed E-state index contributed by atoms with van der Waals surface area (Å²) in [6.07, 6.45) is 5.73. The summed E-state index contributed by atoms with van der Waals surface area (Å²) in [7, 11) is 1.88. The third-order valence-corrected chi connectivity index (χ3v) is 3.89. The topological polar surface area (TPSA) is 50.2 Å². The molecule has 0 saturated carbocycles. The molecule has 1 aliphatic rings. The van der Waals surface area contributed by atoms with Crippen molar-refractivity contribution < 1.29 is 4.79 Å². The Kier molecular flexibility index (Phi) is 5.22. The fraction of sp³-hybridized carbons (Fsp3) is 0.692. The van der Waals surface area contributed by atoms with Crippen LogP contribution in [0.1, 0.15) is 31.5 Å². The Morgan fingerprint density at radius 3 is 2.79 bits per heavy atom. The maximum Gasteiger partial charge on any atom is 0.223 e. The van der Waals surface area contributed by atoms with Crippen LogP contribution in [-0.4, -0.2) is 40.0 Å². The number of rotatable bonds is 5. The van der Waals surface area contributed by atoms with Gasteiger partial charge >= 0.3 is 0 Å². The summed E-state index contributed by atoms with van der Waals surface area (Å²) in [4.78, 5) is 18.1. The second-order valence-electron chi connectivity index (χ2n) is 4.92. The zero-order valence-electron chi connectivity index (χ0n) is 11.4. The van der Waals surface area contributed by atoms with Gasteiger partial charge in [0, 0.05) is 33.1 Å². The molecule has 0 bridgehead atoms. The molecule has 0 spiro atoms. The number of imidazole rings is 1. The summed E-state index contributed by atoms with van der Waals surface area (Å²) in [6.45, 7) is 3.16. The van der Waals surface area contributed by atoms with Crippen LogP contribution in [0.25, 0.3) is 0 Å². The Labute approximate surface area is 118 Å². The van der Waals surface area contributed by atoms with Crippen LogP contribution in [0, 0.1) is 0 Å². The SMILES string of the molecule is Cn1c(Cl)cnc1CNCCC(=O)N1CCCCC1. The van der Waals surface area contributed by atoms with E-state index in [0.717, 1.165) is 31.8 Å². The van der Waals surface area contributed by atoms with Crippen LogP contribution in [0.15, 0.2) is 6.20 Å². The number of nitrogens with one attached hydrogen (secondary N) is 1. The van der Waals surface area contributed by atoms with E-state index in [1.165, 1.54) is 6.42 Å². The molecule has 0 unspecified atom stereocenters. The summed E-state index contributed by atoms with van der Waals surface area (Å²) in [6, 6.07) is 0. The standard InChI is InChI=1S/C13H21ClN4O/c1-17-11(14)9-16-12(17)10-15-6-5-13(19)18-7-3-2-4-8-18/h9,15H,2-8,10H2,1H3. The number of halogens is 1. The minimum absolute atomic E-state index is 0.255. The molecule has 1 saturated heterocycles. The van der Waals surface area contributed by atoms with Gasteiger partial charge in [-0.15, -0.1) is 0 Å². The number of nitrogens with zero attached hydrogens (tertiary/aromatic N) is 3. The molecule has 1 aliphatic heterocycles. The molecule has 1 aromatic heterocycles. The molecule has 19 heavy (non-hydrogen) atoms. The molecular weight excluding hydrogens is 264 g/mol. The molecule has 6 heteroatoms. The predicted molar refractivity (Wildman–Crippen MR) is 75.0 cm³/mol. The fourth-order valence-corrected chi connectivity index (χ4v) is 2.43. The van der Waals surface area contributed by atoms with E-state index in [-0.39, 0.29) is 5.91 Å². The maximum absolute atomic E-state index is 11.9. The largest absolute Gasteiger partial charge is 0.343 e. The molecule has 1 fully saturated rings. The second kappa shape index (κ2) is 6.91. The van der Waals surface area contributed by atoms with Gasteiger partial charge in [0.05, 0.1) is 12.7 Å². The van der Waals surface area contributed by atoms with Gasteiger partial charge < -0.3 is 14.8 Å². The lowest BCUT2D eigenvalue weighted by atomic mass is 10.1. The monoisotopic (exact) mass is 284 g/mol. The molecule has 1 aromatic rings. The van der Waals surface area contributed by atoms with E-state index < -0.39 is 0 Å². The molecule has 1 N–H and O–H groups in total. The van der Waals surface area contributed by atoms with Crippen molar-refractivity contribution in [3.8, 4) is 0 Å². The maximum atomic E-state index is 11.9. The van der Waals surface area contributed by atoms with E-state index in [0.29, 0.717) is 24.7 Å². The van der Waals surface area contributed by atoms with Gasteiger partial charge in [-0.05, 0) is 19.3 Å². The highest BCUT2D eigenvalue weighted by molar-refractivity contribution is 6.29. The van der Waals surface area contributed by atoms with Gasteiger partial charge in [0.25, 0.3) is 0 Å². The third-order valence-electron chi connectivity index (χ3n) is 3.54. The number of carbonyl (C=O) groups is 1. The van der Waals surface area contributed by atoms with Crippen LogP contribution >= 0.6 is 11.6 Å². The van der Waals surface area contributed by atoms with Crippen molar-refractivity contribution in [3.05, 3.63) is 17.2 Å². The van der Waals surface area contributed by atoms with Crippen molar-refractivity contribution in [2.24, 2.45) is 7.05 Å². The third kappa shape index (κ3) is 3.94. The molecule has 2 rings (SSSR count). The van der Waals surface area contributed by atoms with E-state index in [4.69, 9.17) is 11.6 Å². The molecule has 0 radical (unpaired) electrons. The van der Waals surface area contributed by atoms with E-state index in [1.54, 1.807) is 6.20 Å². The van der Waals surface area contributed by atoms with Gasteiger partial charge in [-0.1, -0.05) is 11.6 Å².